The number of halogens is 3. The molecule has 192 valence electrons. The van der Waals surface area contributed by atoms with Crippen LogP contribution in [0, 0.1) is 5.82 Å². The maximum atomic E-state index is 13.2. The van der Waals surface area contributed by atoms with Crippen LogP contribution >= 0.6 is 39.3 Å². The van der Waals surface area contributed by atoms with Gasteiger partial charge < -0.3 is 9.47 Å². The van der Waals surface area contributed by atoms with E-state index in [2.05, 4.69) is 20.9 Å². The summed E-state index contributed by atoms with van der Waals surface area (Å²) in [6.45, 7) is 5.18. The number of thioether (sulfide) groups is 1. The highest BCUT2D eigenvalue weighted by Gasteiger charge is 2.33. The molecule has 37 heavy (non-hydrogen) atoms. The van der Waals surface area contributed by atoms with Gasteiger partial charge in [0.2, 0.25) is 0 Å². The summed E-state index contributed by atoms with van der Waals surface area (Å²) in [6, 6.07) is 17.1. The third-order valence-corrected chi connectivity index (χ3v) is 7.16. The SMILES string of the molecule is CCCN1C(=O)/C(=C/c2cc(Br)c(OCc3ccc(F)cc3)c(OCC)c2)SC1=Nc1ccc(Cl)cc1. The summed E-state index contributed by atoms with van der Waals surface area (Å²) >= 11 is 10.9. The Morgan fingerprint density at radius 3 is 2.49 bits per heavy atom. The van der Waals surface area contributed by atoms with E-state index in [9.17, 15) is 9.18 Å². The molecule has 1 amide bonds. The van der Waals surface area contributed by atoms with Crippen LogP contribution in [-0.2, 0) is 11.4 Å². The highest BCUT2D eigenvalue weighted by molar-refractivity contribution is 9.10. The predicted molar refractivity (Wildman–Crippen MR) is 152 cm³/mol. The molecule has 0 unspecified atom stereocenters. The zero-order valence-corrected chi connectivity index (χ0v) is 23.5. The van der Waals surface area contributed by atoms with Gasteiger partial charge in [-0.25, -0.2) is 9.38 Å². The smallest absolute Gasteiger partial charge is 0.266 e. The molecule has 1 saturated heterocycles. The fourth-order valence-corrected chi connectivity index (χ4v) is 5.32. The monoisotopic (exact) mass is 602 g/mol. The number of rotatable bonds is 9. The largest absolute Gasteiger partial charge is 0.490 e. The minimum absolute atomic E-state index is 0.0923. The number of benzene rings is 3. The summed E-state index contributed by atoms with van der Waals surface area (Å²) in [4.78, 5) is 20.2. The van der Waals surface area contributed by atoms with E-state index in [0.717, 1.165) is 23.2 Å². The van der Waals surface area contributed by atoms with E-state index in [1.165, 1.54) is 23.9 Å². The standard InChI is InChI=1S/C28H25BrClFN2O3S/c1-3-13-33-27(34)25(37-28(33)32-22-11-7-20(30)8-12-22)16-19-14-23(29)26(24(15-19)35-4-2)36-17-18-5-9-21(31)10-6-18/h5-12,14-16H,3-4,13,17H2,1-2H3/b25-16-,32-28?. The molecular formula is C28H25BrClFN2O3S. The Bertz CT molecular complexity index is 1330. The van der Waals surface area contributed by atoms with Crippen molar-refractivity contribution < 1.29 is 18.7 Å². The zero-order valence-electron chi connectivity index (χ0n) is 20.3. The number of amides is 1. The van der Waals surface area contributed by atoms with E-state index in [1.807, 2.05) is 44.2 Å². The van der Waals surface area contributed by atoms with Gasteiger partial charge in [0.15, 0.2) is 16.7 Å². The summed E-state index contributed by atoms with van der Waals surface area (Å²) in [5, 5.41) is 1.26. The number of nitrogens with zero attached hydrogens (tertiary/aromatic N) is 2. The van der Waals surface area contributed by atoms with Crippen molar-refractivity contribution in [2.75, 3.05) is 13.2 Å². The average molecular weight is 604 g/mol. The van der Waals surface area contributed by atoms with Crippen molar-refractivity contribution in [3.05, 3.63) is 92.0 Å². The summed E-state index contributed by atoms with van der Waals surface area (Å²) < 4.78 is 25.8. The van der Waals surface area contributed by atoms with E-state index < -0.39 is 0 Å². The number of carbonyl (C=O) groups excluding carboxylic acids is 1. The number of ether oxygens (including phenoxy) is 2. The highest BCUT2D eigenvalue weighted by Crippen LogP contribution is 2.40. The Morgan fingerprint density at radius 2 is 1.81 bits per heavy atom. The van der Waals surface area contributed by atoms with Gasteiger partial charge in [-0.2, -0.15) is 0 Å². The molecular weight excluding hydrogens is 579 g/mol. The first-order chi connectivity index (χ1) is 17.9. The Morgan fingerprint density at radius 1 is 1.08 bits per heavy atom. The highest BCUT2D eigenvalue weighted by atomic mass is 79.9. The third-order valence-electron chi connectivity index (χ3n) is 5.31. The van der Waals surface area contributed by atoms with Crippen LogP contribution in [0.1, 0.15) is 31.4 Å². The van der Waals surface area contributed by atoms with E-state index in [4.69, 9.17) is 21.1 Å². The molecule has 0 saturated carbocycles. The molecule has 0 atom stereocenters. The topological polar surface area (TPSA) is 51.1 Å². The Hall–Kier alpha value is -2.81. The van der Waals surface area contributed by atoms with Gasteiger partial charge in [-0.15, -0.1) is 0 Å². The Kier molecular flexibility index (Phi) is 9.29. The Labute approximate surface area is 233 Å². The molecule has 0 bridgehead atoms. The van der Waals surface area contributed by atoms with Crippen molar-refractivity contribution in [2.24, 2.45) is 4.99 Å². The summed E-state index contributed by atoms with van der Waals surface area (Å²) in [5.74, 6) is 0.693. The first kappa shape index (κ1) is 27.2. The van der Waals surface area contributed by atoms with Crippen LogP contribution in [0.5, 0.6) is 11.5 Å². The number of hydrogen-bond acceptors (Lipinski definition) is 5. The van der Waals surface area contributed by atoms with Gasteiger partial charge in [-0.3, -0.25) is 9.69 Å². The lowest BCUT2D eigenvalue weighted by atomic mass is 10.1. The van der Waals surface area contributed by atoms with Gasteiger partial charge >= 0.3 is 0 Å². The van der Waals surface area contributed by atoms with Crippen molar-refractivity contribution in [2.45, 2.75) is 26.9 Å². The molecule has 3 aromatic rings. The van der Waals surface area contributed by atoms with Crippen LogP contribution in [0.4, 0.5) is 10.1 Å². The third kappa shape index (κ3) is 6.94. The molecule has 1 heterocycles. The van der Waals surface area contributed by atoms with Crippen LogP contribution in [0.15, 0.2) is 75.0 Å². The molecule has 5 nitrogen and oxygen atoms in total. The maximum absolute atomic E-state index is 13.2. The van der Waals surface area contributed by atoms with Crippen molar-refractivity contribution >= 4 is 62.1 Å². The van der Waals surface area contributed by atoms with Crippen molar-refractivity contribution in [1.29, 1.82) is 0 Å². The quantitative estimate of drug-likeness (QED) is 0.231. The van der Waals surface area contributed by atoms with Gasteiger partial charge in [-0.1, -0.05) is 30.7 Å². The molecule has 0 aliphatic carbocycles. The fourth-order valence-electron chi connectivity index (χ4n) is 3.60. The van der Waals surface area contributed by atoms with Gasteiger partial charge in [0.1, 0.15) is 12.4 Å². The van der Waals surface area contributed by atoms with E-state index >= 15 is 0 Å². The van der Waals surface area contributed by atoms with Crippen LogP contribution in [0.2, 0.25) is 5.02 Å². The second-order valence-electron chi connectivity index (χ2n) is 8.12. The van der Waals surface area contributed by atoms with Gasteiger partial charge in [0.25, 0.3) is 5.91 Å². The number of amidine groups is 1. The first-order valence-electron chi connectivity index (χ1n) is 11.8. The summed E-state index contributed by atoms with van der Waals surface area (Å²) in [7, 11) is 0. The lowest BCUT2D eigenvalue weighted by Crippen LogP contribution is -2.29. The van der Waals surface area contributed by atoms with Crippen LogP contribution in [0.25, 0.3) is 6.08 Å². The molecule has 0 N–H and O–H groups in total. The zero-order chi connectivity index (χ0) is 26.4. The van der Waals surface area contributed by atoms with Gasteiger partial charge in [-0.05, 0) is 107 Å². The van der Waals surface area contributed by atoms with Gasteiger partial charge in [0.05, 0.1) is 21.7 Å². The van der Waals surface area contributed by atoms with E-state index in [0.29, 0.717) is 44.2 Å². The molecule has 0 spiro atoms. The molecule has 3 aromatic carbocycles. The number of hydrogen-bond donors (Lipinski definition) is 0. The number of carbonyl (C=O) groups is 1. The van der Waals surface area contributed by atoms with E-state index in [-0.39, 0.29) is 18.3 Å². The van der Waals surface area contributed by atoms with Crippen molar-refractivity contribution in [3.8, 4) is 11.5 Å². The second kappa shape index (κ2) is 12.6. The van der Waals surface area contributed by atoms with Crippen LogP contribution in [-0.4, -0.2) is 29.1 Å². The van der Waals surface area contributed by atoms with Crippen LogP contribution in [0.3, 0.4) is 0 Å². The fraction of sp³-hybridized carbons (Fsp3) is 0.214. The summed E-state index contributed by atoms with van der Waals surface area (Å²) in [6.07, 6.45) is 2.64. The molecule has 4 rings (SSSR count). The predicted octanol–water partition coefficient (Wildman–Crippen LogP) is 8.23. The second-order valence-corrected chi connectivity index (χ2v) is 10.4. The minimum Gasteiger partial charge on any atom is -0.490 e. The molecule has 0 aromatic heterocycles. The molecule has 9 heteroatoms. The van der Waals surface area contributed by atoms with Crippen LogP contribution < -0.4 is 9.47 Å². The molecule has 1 fully saturated rings. The van der Waals surface area contributed by atoms with Crippen molar-refractivity contribution in [1.82, 2.24) is 4.90 Å². The Balaban J connectivity index is 1.61. The van der Waals surface area contributed by atoms with Gasteiger partial charge in [0, 0.05) is 11.6 Å². The molecule has 1 aliphatic rings. The van der Waals surface area contributed by atoms with E-state index in [1.54, 1.807) is 29.2 Å². The number of aliphatic imine (C=N–C) groups is 1. The summed E-state index contributed by atoms with van der Waals surface area (Å²) in [5.41, 5.74) is 2.34. The average Bonchev–Trinajstić information content (AvgIpc) is 3.15. The normalized spacial score (nSPS) is 15.6. The minimum atomic E-state index is -0.296. The first-order valence-corrected chi connectivity index (χ1v) is 13.8. The maximum Gasteiger partial charge on any atom is 0.266 e. The lowest BCUT2D eigenvalue weighted by molar-refractivity contribution is -0.122. The lowest BCUT2D eigenvalue weighted by Gasteiger charge is -2.15. The molecule has 1 aliphatic heterocycles. The van der Waals surface area contributed by atoms with Crippen molar-refractivity contribution in [3.63, 3.8) is 0 Å². The molecule has 0 radical (unpaired) electrons.